The third-order valence-electron chi connectivity index (χ3n) is 7.32. The highest BCUT2D eigenvalue weighted by Gasteiger charge is 2.12. The van der Waals surface area contributed by atoms with E-state index < -0.39 is 0 Å². The van der Waals surface area contributed by atoms with Gasteiger partial charge in [-0.3, -0.25) is 0 Å². The van der Waals surface area contributed by atoms with Gasteiger partial charge in [0.15, 0.2) is 0 Å². The standard InChI is InChI=1S/C20H19N3O.C16H11N3O/c1-14(2)13-24-20-12-11-19(15-7-3-4-8-16(15)20)23-21-17-9-5-6-10-18(17)22-23;20-16-10-9-15(11-5-1-2-6-12(11)16)19-17-13-7-3-4-8-14(13)18-19/h3-12,14H,13H2,1-2H3;1-10,20H. The van der Waals surface area contributed by atoms with E-state index in [1.807, 2.05) is 103 Å². The Bertz CT molecular complexity index is 2190. The van der Waals surface area contributed by atoms with Crippen LogP contribution in [0.3, 0.4) is 0 Å². The van der Waals surface area contributed by atoms with Gasteiger partial charge in [0, 0.05) is 21.5 Å². The summed E-state index contributed by atoms with van der Waals surface area (Å²) in [5, 5.41) is 32.0. The molecule has 0 fully saturated rings. The number of hydrogen-bond acceptors (Lipinski definition) is 6. The summed E-state index contributed by atoms with van der Waals surface area (Å²) in [5.74, 6) is 1.65. The van der Waals surface area contributed by atoms with Crippen molar-refractivity contribution in [1.29, 1.82) is 0 Å². The van der Waals surface area contributed by atoms with E-state index in [0.29, 0.717) is 12.5 Å². The zero-order chi connectivity index (χ0) is 30.0. The van der Waals surface area contributed by atoms with Crippen LogP contribution in [0, 0.1) is 5.92 Å². The predicted octanol–water partition coefficient (Wildman–Crippen LogP) is 7.89. The molecule has 8 heteroatoms. The van der Waals surface area contributed by atoms with Crippen molar-refractivity contribution in [3.8, 4) is 22.9 Å². The minimum Gasteiger partial charge on any atom is -0.507 e. The minimum absolute atomic E-state index is 0.265. The van der Waals surface area contributed by atoms with Crippen molar-refractivity contribution in [2.45, 2.75) is 13.8 Å². The molecule has 44 heavy (non-hydrogen) atoms. The average Bonchev–Trinajstić information content (AvgIpc) is 3.69. The monoisotopic (exact) mass is 578 g/mol. The maximum Gasteiger partial charge on any atom is 0.127 e. The van der Waals surface area contributed by atoms with Crippen LogP contribution in [0.5, 0.6) is 11.5 Å². The molecule has 0 unspecified atom stereocenters. The molecular formula is C36H30N6O2. The maximum absolute atomic E-state index is 9.93. The number of fused-ring (bicyclic) bond motifs is 4. The van der Waals surface area contributed by atoms with Gasteiger partial charge in [-0.05, 0) is 54.4 Å². The molecule has 6 aromatic carbocycles. The quantitative estimate of drug-likeness (QED) is 0.223. The van der Waals surface area contributed by atoms with Crippen molar-refractivity contribution >= 4 is 43.6 Å². The average molecular weight is 579 g/mol. The molecule has 0 aliphatic heterocycles. The van der Waals surface area contributed by atoms with Crippen molar-refractivity contribution in [1.82, 2.24) is 30.0 Å². The number of aromatic hydroxyl groups is 1. The van der Waals surface area contributed by atoms with E-state index in [1.54, 1.807) is 15.7 Å². The van der Waals surface area contributed by atoms with E-state index in [0.717, 1.165) is 60.7 Å². The summed E-state index contributed by atoms with van der Waals surface area (Å²) >= 11 is 0. The van der Waals surface area contributed by atoms with Crippen LogP contribution >= 0.6 is 0 Å². The lowest BCUT2D eigenvalue weighted by atomic mass is 10.1. The van der Waals surface area contributed by atoms with Crippen LogP contribution in [0.2, 0.25) is 0 Å². The molecule has 0 saturated heterocycles. The Hall–Kier alpha value is -5.76. The van der Waals surface area contributed by atoms with Crippen LogP contribution in [0.4, 0.5) is 0 Å². The van der Waals surface area contributed by atoms with E-state index in [1.165, 1.54) is 0 Å². The van der Waals surface area contributed by atoms with Crippen LogP contribution in [-0.2, 0) is 0 Å². The summed E-state index contributed by atoms with van der Waals surface area (Å²) in [4.78, 5) is 3.33. The largest absolute Gasteiger partial charge is 0.507 e. The van der Waals surface area contributed by atoms with E-state index in [2.05, 4.69) is 46.4 Å². The second kappa shape index (κ2) is 11.5. The minimum atomic E-state index is 0.265. The first kappa shape index (κ1) is 27.1. The second-order valence-electron chi connectivity index (χ2n) is 10.9. The Kier molecular flexibility index (Phi) is 7.08. The first-order valence-electron chi connectivity index (χ1n) is 14.6. The summed E-state index contributed by atoms with van der Waals surface area (Å²) in [5.41, 5.74) is 5.30. The zero-order valence-electron chi connectivity index (χ0n) is 24.4. The van der Waals surface area contributed by atoms with Gasteiger partial charge in [-0.25, -0.2) is 0 Å². The number of phenols is 1. The first-order chi connectivity index (χ1) is 21.5. The van der Waals surface area contributed by atoms with Gasteiger partial charge < -0.3 is 9.84 Å². The highest BCUT2D eigenvalue weighted by atomic mass is 16.5. The van der Waals surface area contributed by atoms with Crippen molar-refractivity contribution in [2.24, 2.45) is 5.92 Å². The molecule has 1 N–H and O–H groups in total. The molecule has 0 spiro atoms. The van der Waals surface area contributed by atoms with Crippen LogP contribution < -0.4 is 4.74 Å². The Morgan fingerprint density at radius 3 is 1.43 bits per heavy atom. The highest BCUT2D eigenvalue weighted by molar-refractivity contribution is 5.95. The summed E-state index contributed by atoms with van der Waals surface area (Å²) in [6.07, 6.45) is 0. The molecule has 0 saturated carbocycles. The van der Waals surface area contributed by atoms with Gasteiger partial charge in [0.25, 0.3) is 0 Å². The fourth-order valence-electron chi connectivity index (χ4n) is 5.19. The van der Waals surface area contributed by atoms with Gasteiger partial charge in [-0.15, -0.1) is 30.0 Å². The molecular weight excluding hydrogens is 548 g/mol. The predicted molar refractivity (Wildman–Crippen MR) is 175 cm³/mol. The summed E-state index contributed by atoms with van der Waals surface area (Å²) in [7, 11) is 0. The molecule has 216 valence electrons. The zero-order valence-corrected chi connectivity index (χ0v) is 24.4. The van der Waals surface area contributed by atoms with E-state index in [-0.39, 0.29) is 5.75 Å². The Morgan fingerprint density at radius 1 is 0.523 bits per heavy atom. The summed E-state index contributed by atoms with van der Waals surface area (Å²) in [6.45, 7) is 5.00. The molecule has 0 aliphatic rings. The fourth-order valence-corrected chi connectivity index (χ4v) is 5.19. The third-order valence-corrected chi connectivity index (χ3v) is 7.32. The molecule has 0 bridgehead atoms. The molecule has 8 rings (SSSR count). The number of phenolic OH excluding ortho intramolecular Hbond substituents is 1. The van der Waals surface area contributed by atoms with Gasteiger partial charge >= 0.3 is 0 Å². The van der Waals surface area contributed by atoms with Crippen molar-refractivity contribution in [3.05, 3.63) is 121 Å². The third kappa shape index (κ3) is 5.18. The van der Waals surface area contributed by atoms with Gasteiger partial charge in [0.2, 0.25) is 0 Å². The molecule has 0 radical (unpaired) electrons. The highest BCUT2D eigenvalue weighted by Crippen LogP contribution is 2.31. The second-order valence-corrected chi connectivity index (χ2v) is 10.9. The lowest BCUT2D eigenvalue weighted by Crippen LogP contribution is -2.06. The Morgan fingerprint density at radius 2 is 0.932 bits per heavy atom. The van der Waals surface area contributed by atoms with Crippen molar-refractivity contribution < 1.29 is 9.84 Å². The Balaban J connectivity index is 0.000000144. The number of nitrogens with zero attached hydrogens (tertiary/aromatic N) is 6. The molecule has 8 nitrogen and oxygen atoms in total. The number of benzene rings is 6. The smallest absolute Gasteiger partial charge is 0.127 e. The topological polar surface area (TPSA) is 90.9 Å². The van der Waals surface area contributed by atoms with Gasteiger partial charge in [0.05, 0.1) is 18.0 Å². The normalized spacial score (nSPS) is 11.3. The Labute approximate surface area is 253 Å². The molecule has 0 amide bonds. The van der Waals surface area contributed by atoms with Crippen LogP contribution in [-0.4, -0.2) is 41.7 Å². The molecule has 2 aromatic heterocycles. The van der Waals surface area contributed by atoms with Gasteiger partial charge in [-0.2, -0.15) is 0 Å². The van der Waals surface area contributed by atoms with Gasteiger partial charge in [0.1, 0.15) is 33.6 Å². The number of ether oxygens (including phenoxy) is 1. The molecule has 0 atom stereocenters. The number of aromatic nitrogens is 6. The van der Waals surface area contributed by atoms with Crippen LogP contribution in [0.25, 0.3) is 55.0 Å². The van der Waals surface area contributed by atoms with E-state index in [9.17, 15) is 5.11 Å². The number of rotatable bonds is 5. The lowest BCUT2D eigenvalue weighted by Gasteiger charge is -2.13. The lowest BCUT2D eigenvalue weighted by molar-refractivity contribution is 0.274. The molecule has 2 heterocycles. The van der Waals surface area contributed by atoms with Crippen LogP contribution in [0.15, 0.2) is 121 Å². The summed E-state index contributed by atoms with van der Waals surface area (Å²) < 4.78 is 5.98. The van der Waals surface area contributed by atoms with Gasteiger partial charge in [-0.1, -0.05) is 86.6 Å². The molecule has 0 aliphatic carbocycles. The summed E-state index contributed by atoms with van der Waals surface area (Å²) in [6, 6.07) is 39.1. The maximum atomic E-state index is 9.93. The van der Waals surface area contributed by atoms with Crippen LogP contribution in [0.1, 0.15) is 13.8 Å². The first-order valence-corrected chi connectivity index (χ1v) is 14.6. The fraction of sp³-hybridized carbons (Fsp3) is 0.111. The SMILES string of the molecule is CC(C)COc1ccc(-n2nc3ccccc3n2)c2ccccc12.Oc1ccc(-n2nc3ccccc3n2)c2ccccc12. The van der Waals surface area contributed by atoms with Crippen molar-refractivity contribution in [3.63, 3.8) is 0 Å². The number of hydrogen-bond donors (Lipinski definition) is 1. The van der Waals surface area contributed by atoms with E-state index in [4.69, 9.17) is 4.74 Å². The molecule has 8 aromatic rings. The van der Waals surface area contributed by atoms with Crippen molar-refractivity contribution in [2.75, 3.05) is 6.61 Å². The van der Waals surface area contributed by atoms with E-state index >= 15 is 0 Å².